The van der Waals surface area contributed by atoms with Gasteiger partial charge in [0.1, 0.15) is 17.5 Å². The molecule has 0 bridgehead atoms. The normalized spacial score (nSPS) is 42.2. The summed E-state index contributed by atoms with van der Waals surface area (Å²) < 4.78 is 0. The van der Waals surface area contributed by atoms with E-state index in [2.05, 4.69) is 29.5 Å². The summed E-state index contributed by atoms with van der Waals surface area (Å²) in [6, 6.07) is 0. The first-order valence-corrected chi connectivity index (χ1v) is 13.5. The number of hydrogen-bond acceptors (Lipinski definition) is 9. The van der Waals surface area contributed by atoms with E-state index in [4.69, 9.17) is 15.1 Å². The van der Waals surface area contributed by atoms with Crippen molar-refractivity contribution >= 4 is 29.1 Å². The van der Waals surface area contributed by atoms with Gasteiger partial charge in [-0.3, -0.25) is 4.79 Å². The van der Waals surface area contributed by atoms with E-state index in [1.54, 1.807) is 0 Å². The van der Waals surface area contributed by atoms with Gasteiger partial charge < -0.3 is 30.7 Å². The van der Waals surface area contributed by atoms with Crippen LogP contribution >= 0.6 is 0 Å². The zero-order valence-corrected chi connectivity index (χ0v) is 22.1. The molecule has 5 N–H and O–H groups in total. The molecule has 11 nitrogen and oxygen atoms in total. The number of rotatable bonds is 4. The van der Waals surface area contributed by atoms with Crippen LogP contribution in [0.3, 0.4) is 0 Å². The number of carboxylic acid groups (broad SMARTS) is 2. The highest BCUT2D eigenvalue weighted by Gasteiger charge is 2.66. The summed E-state index contributed by atoms with van der Waals surface area (Å²) in [5.74, 6) is -1.16. The summed E-state index contributed by atoms with van der Waals surface area (Å²) in [5, 5.41) is 48.8. The number of Topliss-reactive ketones (excluding diaryl/α,β-unsaturated/α-hetero) is 1. The van der Waals surface area contributed by atoms with Gasteiger partial charge >= 0.3 is 11.9 Å². The van der Waals surface area contributed by atoms with Crippen LogP contribution in [0.1, 0.15) is 71.6 Å². The van der Waals surface area contributed by atoms with Crippen molar-refractivity contribution in [3.05, 3.63) is 12.2 Å². The number of aliphatic hydroxyl groups is 1. The van der Waals surface area contributed by atoms with Crippen LogP contribution in [0.5, 0.6) is 0 Å². The van der Waals surface area contributed by atoms with Crippen LogP contribution in [-0.2, 0) is 19.2 Å². The van der Waals surface area contributed by atoms with Gasteiger partial charge in [-0.15, -0.1) is 0 Å². The number of aliphatic carboxylic acids is 2. The second-order valence-corrected chi connectivity index (χ2v) is 11.9. The molecule has 210 valence electrons. The number of oxime groups is 2. The molecule has 4 saturated carbocycles. The minimum Gasteiger partial charge on any atom is -0.478 e. The molecule has 5 aliphatic rings. The highest BCUT2D eigenvalue weighted by Crippen LogP contribution is 2.65. The van der Waals surface area contributed by atoms with Crippen LogP contribution in [0.2, 0.25) is 0 Å². The Labute approximate surface area is 222 Å². The van der Waals surface area contributed by atoms with Gasteiger partial charge in [0.2, 0.25) is 0 Å². The van der Waals surface area contributed by atoms with Crippen molar-refractivity contribution in [3.8, 4) is 0 Å². The van der Waals surface area contributed by atoms with Gasteiger partial charge in [0, 0.05) is 48.8 Å². The molecule has 0 aromatic carbocycles. The van der Waals surface area contributed by atoms with Crippen LogP contribution in [0, 0.1) is 28.6 Å². The summed E-state index contributed by atoms with van der Waals surface area (Å²) >= 11 is 0. The molecular formula is C27H39N3O8. The van der Waals surface area contributed by atoms with Crippen molar-refractivity contribution in [1.29, 1.82) is 0 Å². The Kier molecular flexibility index (Phi) is 7.99. The third-order valence-corrected chi connectivity index (χ3v) is 10.0. The number of carbonyl (C=O) groups excluding carboxylic acids is 1. The number of nitrogens with one attached hydrogen (secondary N) is 1. The van der Waals surface area contributed by atoms with Gasteiger partial charge in [-0.2, -0.15) is 0 Å². The fourth-order valence-electron chi connectivity index (χ4n) is 7.86. The van der Waals surface area contributed by atoms with E-state index >= 15 is 0 Å². The van der Waals surface area contributed by atoms with Crippen LogP contribution in [0.15, 0.2) is 22.5 Å². The van der Waals surface area contributed by atoms with Crippen molar-refractivity contribution in [1.82, 2.24) is 5.32 Å². The third-order valence-electron chi connectivity index (χ3n) is 10.0. The highest BCUT2D eigenvalue weighted by molar-refractivity contribution is 6.01. The maximum Gasteiger partial charge on any atom is 0.328 e. The van der Waals surface area contributed by atoms with E-state index < -0.39 is 17.5 Å². The van der Waals surface area contributed by atoms with E-state index in [0.29, 0.717) is 60.7 Å². The van der Waals surface area contributed by atoms with Gasteiger partial charge in [-0.25, -0.2) is 9.59 Å². The van der Waals surface area contributed by atoms with Crippen molar-refractivity contribution in [2.45, 2.75) is 83.3 Å². The average Bonchev–Trinajstić information content (AvgIpc) is 3.50. The third kappa shape index (κ3) is 4.98. The van der Waals surface area contributed by atoms with Crippen molar-refractivity contribution in [2.75, 3.05) is 13.1 Å². The Morgan fingerprint density at radius 1 is 1.05 bits per heavy atom. The smallest absolute Gasteiger partial charge is 0.328 e. The molecule has 0 spiro atoms. The topological polar surface area (TPSA) is 178 Å². The van der Waals surface area contributed by atoms with E-state index in [1.807, 2.05) is 0 Å². The van der Waals surface area contributed by atoms with Crippen LogP contribution in [-0.4, -0.2) is 74.5 Å². The fraction of sp³-hybridized carbons (Fsp3) is 0.741. The van der Waals surface area contributed by atoms with Crippen molar-refractivity contribution in [3.63, 3.8) is 0 Å². The van der Waals surface area contributed by atoms with Crippen molar-refractivity contribution < 1.29 is 39.7 Å². The molecule has 5 rings (SSSR count). The van der Waals surface area contributed by atoms with E-state index in [1.165, 1.54) is 0 Å². The number of fused-ring (bicyclic) bond motifs is 5. The molecule has 1 saturated heterocycles. The summed E-state index contributed by atoms with van der Waals surface area (Å²) in [4.78, 5) is 37.5. The van der Waals surface area contributed by atoms with E-state index in [0.717, 1.165) is 57.3 Å². The predicted molar refractivity (Wildman–Crippen MR) is 137 cm³/mol. The van der Waals surface area contributed by atoms with Crippen molar-refractivity contribution in [2.24, 2.45) is 38.9 Å². The molecule has 11 heteroatoms. The molecule has 5 fully saturated rings. The number of carboxylic acids is 2. The quantitative estimate of drug-likeness (QED) is 0.206. The molecule has 1 heterocycles. The van der Waals surface area contributed by atoms with Gasteiger partial charge in [-0.05, 0) is 62.8 Å². The van der Waals surface area contributed by atoms with Crippen LogP contribution < -0.4 is 5.32 Å². The minimum absolute atomic E-state index is 0.0955. The Morgan fingerprint density at radius 3 is 2.37 bits per heavy atom. The lowest BCUT2D eigenvalue weighted by molar-refractivity contribution is -0.146. The molecule has 0 amide bonds. The molecule has 1 aliphatic heterocycles. The molecule has 7 atom stereocenters. The number of carbonyl (C=O) groups is 3. The lowest BCUT2D eigenvalue weighted by Crippen LogP contribution is -2.66. The predicted octanol–water partition coefficient (Wildman–Crippen LogP) is 2.60. The molecule has 0 unspecified atom stereocenters. The number of hydrogen-bond donors (Lipinski definition) is 5. The van der Waals surface area contributed by atoms with Gasteiger partial charge in [0.05, 0.1) is 11.4 Å². The zero-order valence-electron chi connectivity index (χ0n) is 22.1. The van der Waals surface area contributed by atoms with E-state index in [9.17, 15) is 24.7 Å². The molecule has 4 aliphatic carbocycles. The maximum atomic E-state index is 12.6. The first-order valence-electron chi connectivity index (χ1n) is 13.5. The monoisotopic (exact) mass is 533 g/mol. The first-order chi connectivity index (χ1) is 17.9. The van der Waals surface area contributed by atoms with E-state index in [-0.39, 0.29) is 16.9 Å². The lowest BCUT2D eigenvalue weighted by Gasteiger charge is -2.62. The Balaban J connectivity index is 0.000000368. The number of ketones is 1. The Bertz CT molecular complexity index is 1030. The molecule has 0 radical (unpaired) electrons. The first kappa shape index (κ1) is 28.2. The van der Waals surface area contributed by atoms with Crippen LogP contribution in [0.25, 0.3) is 0 Å². The summed E-state index contributed by atoms with van der Waals surface area (Å²) in [7, 11) is 0. The van der Waals surface area contributed by atoms with Gasteiger partial charge in [0.15, 0.2) is 0 Å². The van der Waals surface area contributed by atoms with Gasteiger partial charge in [-0.1, -0.05) is 24.2 Å². The van der Waals surface area contributed by atoms with Gasteiger partial charge in [0.25, 0.3) is 0 Å². The second-order valence-electron chi connectivity index (χ2n) is 11.9. The molecule has 38 heavy (non-hydrogen) atoms. The SMILES string of the molecule is C[C@]12CC[C@H]3[C@@H](C/C(=N\O)[C@@]4(O)CC(=NO[C@@H]5CCNC5)CC[C@]34C)[C@@H]1CCC2=O.O=C(O)C=CC(=O)O. The highest BCUT2D eigenvalue weighted by atomic mass is 16.6. The zero-order chi connectivity index (χ0) is 27.7. The fourth-order valence-corrected chi connectivity index (χ4v) is 7.86. The summed E-state index contributed by atoms with van der Waals surface area (Å²) in [5.41, 5.74) is -0.479. The number of nitrogens with zero attached hydrogens (tertiary/aromatic N) is 2. The standard InChI is InChI=1S/C23H35N3O4.C4H4O4/c1-21-8-6-18-16(17(21)3-4-20(21)27)11-19(25-29)23(28)12-14(5-9-22(18,23)2)26-30-15-7-10-24-13-15;5-3(6)1-2-4(7)8/h15-18,24,28-29H,3-13H2,1-2H3;1-2H,(H,5,6)(H,7,8)/b25-19+,26-14?;/t15-,16+,17+,18+,21+,22-,23+;/m1./s1. The second kappa shape index (κ2) is 10.8. The lowest BCUT2D eigenvalue weighted by atomic mass is 9.43. The summed E-state index contributed by atoms with van der Waals surface area (Å²) in [6.45, 7) is 6.07. The molecular weight excluding hydrogens is 494 g/mol. The Morgan fingerprint density at radius 2 is 1.76 bits per heavy atom. The Hall–Kier alpha value is -2.79. The van der Waals surface area contributed by atoms with Crippen LogP contribution in [0.4, 0.5) is 0 Å². The summed E-state index contributed by atoms with van der Waals surface area (Å²) in [6.07, 6.45) is 8.16. The molecule has 0 aromatic rings. The average molecular weight is 534 g/mol. The molecule has 0 aromatic heterocycles. The maximum absolute atomic E-state index is 12.6. The largest absolute Gasteiger partial charge is 0.478 e. The minimum atomic E-state index is -1.26.